The Bertz CT molecular complexity index is 456. The van der Waals surface area contributed by atoms with Crippen LogP contribution in [0.25, 0.3) is 0 Å². The molecule has 0 heterocycles. The first-order valence-electron chi connectivity index (χ1n) is 7.35. The van der Waals surface area contributed by atoms with Gasteiger partial charge in [0.1, 0.15) is 0 Å². The van der Waals surface area contributed by atoms with Gasteiger partial charge in [-0.1, -0.05) is 43.0 Å². The molecule has 0 bridgehead atoms. The number of rotatable bonds is 5. The first kappa shape index (κ1) is 15.3. The zero-order valence-corrected chi connectivity index (χ0v) is 12.6. The van der Waals surface area contributed by atoms with Gasteiger partial charge in [-0.3, -0.25) is 4.79 Å². The number of carbonyl (C=O) groups is 1. The molecule has 0 unspecified atom stereocenters. The predicted octanol–water partition coefficient (Wildman–Crippen LogP) is 3.26. The zero-order valence-electron chi connectivity index (χ0n) is 11.8. The van der Waals surface area contributed by atoms with E-state index in [0.29, 0.717) is 24.5 Å². The Balaban J connectivity index is 1.85. The number of carbonyl (C=O) groups excluding carboxylic acids is 1. The van der Waals surface area contributed by atoms with E-state index in [1.165, 1.54) is 19.3 Å². The van der Waals surface area contributed by atoms with Gasteiger partial charge in [-0.15, -0.1) is 0 Å². The van der Waals surface area contributed by atoms with Gasteiger partial charge in [-0.05, 0) is 42.5 Å². The first-order chi connectivity index (χ1) is 9.63. The minimum absolute atomic E-state index is 0.0245. The number of nitrogens with two attached hydrogens (primary N) is 1. The normalized spacial score (nSPS) is 17.7. The van der Waals surface area contributed by atoms with Crippen LogP contribution < -0.4 is 11.1 Å². The minimum atomic E-state index is 0.0245. The zero-order chi connectivity index (χ0) is 14.4. The van der Waals surface area contributed by atoms with Crippen molar-refractivity contribution in [3.8, 4) is 0 Å². The van der Waals surface area contributed by atoms with Crippen LogP contribution in [-0.4, -0.2) is 12.5 Å². The van der Waals surface area contributed by atoms with E-state index in [1.807, 2.05) is 24.3 Å². The quantitative estimate of drug-likeness (QED) is 0.876. The van der Waals surface area contributed by atoms with E-state index >= 15 is 0 Å². The molecule has 1 aromatic rings. The fourth-order valence-electron chi connectivity index (χ4n) is 3.01. The standard InChI is InChI=1S/C16H23ClN2O/c17-14-6-4-5-13(9-14)11-19-15(20)10-16(12-18)7-2-1-3-8-16/h4-6,9H,1-3,7-8,10-12,18H2,(H,19,20). The summed E-state index contributed by atoms with van der Waals surface area (Å²) in [4.78, 5) is 12.1. The highest BCUT2D eigenvalue weighted by molar-refractivity contribution is 6.30. The van der Waals surface area contributed by atoms with Gasteiger partial charge in [0.25, 0.3) is 0 Å². The van der Waals surface area contributed by atoms with Crippen LogP contribution in [0, 0.1) is 5.41 Å². The third kappa shape index (κ3) is 4.22. The highest BCUT2D eigenvalue weighted by atomic mass is 35.5. The highest BCUT2D eigenvalue weighted by Gasteiger charge is 2.32. The third-order valence-electron chi connectivity index (χ3n) is 4.26. The van der Waals surface area contributed by atoms with Crippen LogP contribution in [0.1, 0.15) is 44.1 Å². The van der Waals surface area contributed by atoms with Crippen LogP contribution in [-0.2, 0) is 11.3 Å². The van der Waals surface area contributed by atoms with Gasteiger partial charge in [0.05, 0.1) is 0 Å². The number of halogens is 1. The lowest BCUT2D eigenvalue weighted by atomic mass is 9.71. The molecule has 3 N–H and O–H groups in total. The predicted molar refractivity (Wildman–Crippen MR) is 82.5 cm³/mol. The van der Waals surface area contributed by atoms with Gasteiger partial charge in [-0.2, -0.15) is 0 Å². The Labute approximate surface area is 125 Å². The highest BCUT2D eigenvalue weighted by Crippen LogP contribution is 2.38. The Hall–Kier alpha value is -1.06. The average molecular weight is 295 g/mol. The van der Waals surface area contributed by atoms with Crippen LogP contribution in [0.3, 0.4) is 0 Å². The van der Waals surface area contributed by atoms with Gasteiger partial charge in [0, 0.05) is 18.0 Å². The van der Waals surface area contributed by atoms with Gasteiger partial charge < -0.3 is 11.1 Å². The summed E-state index contributed by atoms with van der Waals surface area (Å²) in [6, 6.07) is 7.57. The van der Waals surface area contributed by atoms with Gasteiger partial charge in [0.15, 0.2) is 0 Å². The van der Waals surface area contributed by atoms with E-state index in [9.17, 15) is 4.79 Å². The van der Waals surface area contributed by atoms with Crippen LogP contribution in [0.15, 0.2) is 24.3 Å². The maximum atomic E-state index is 12.1. The summed E-state index contributed by atoms with van der Waals surface area (Å²) in [6.07, 6.45) is 6.36. The topological polar surface area (TPSA) is 55.1 Å². The molecule has 1 amide bonds. The summed E-state index contributed by atoms with van der Waals surface area (Å²) in [5, 5.41) is 3.68. The van der Waals surface area contributed by atoms with E-state index in [0.717, 1.165) is 18.4 Å². The van der Waals surface area contributed by atoms with E-state index < -0.39 is 0 Å². The number of nitrogens with one attached hydrogen (secondary N) is 1. The lowest BCUT2D eigenvalue weighted by Crippen LogP contribution is -2.38. The molecule has 4 heteroatoms. The number of hydrogen-bond donors (Lipinski definition) is 2. The molecule has 1 saturated carbocycles. The molecule has 110 valence electrons. The second-order valence-corrected chi connectivity index (χ2v) is 6.28. The summed E-state index contributed by atoms with van der Waals surface area (Å²) in [5.74, 6) is 0.0947. The molecule has 0 spiro atoms. The molecule has 2 rings (SSSR count). The van der Waals surface area contributed by atoms with Crippen molar-refractivity contribution >= 4 is 17.5 Å². The van der Waals surface area contributed by atoms with Crippen molar-refractivity contribution in [2.24, 2.45) is 11.1 Å². The summed E-state index contributed by atoms with van der Waals surface area (Å²) in [6.45, 7) is 1.14. The smallest absolute Gasteiger partial charge is 0.220 e. The maximum Gasteiger partial charge on any atom is 0.220 e. The summed E-state index contributed by atoms with van der Waals surface area (Å²) < 4.78 is 0. The Morgan fingerprint density at radius 1 is 1.30 bits per heavy atom. The molecule has 0 saturated heterocycles. The number of benzene rings is 1. The second kappa shape index (κ2) is 7.09. The summed E-state index contributed by atoms with van der Waals surface area (Å²) >= 11 is 5.93. The first-order valence-corrected chi connectivity index (χ1v) is 7.73. The summed E-state index contributed by atoms with van der Waals surface area (Å²) in [5.41, 5.74) is 6.97. The molecule has 0 atom stereocenters. The molecular formula is C16H23ClN2O. The van der Waals surface area contributed by atoms with Gasteiger partial charge >= 0.3 is 0 Å². The largest absolute Gasteiger partial charge is 0.352 e. The molecular weight excluding hydrogens is 272 g/mol. The van der Waals surface area contributed by atoms with E-state index in [2.05, 4.69) is 5.32 Å². The second-order valence-electron chi connectivity index (χ2n) is 5.85. The summed E-state index contributed by atoms with van der Waals surface area (Å²) in [7, 11) is 0. The molecule has 0 aliphatic heterocycles. The van der Waals surface area contributed by atoms with E-state index in [1.54, 1.807) is 0 Å². The van der Waals surface area contributed by atoms with E-state index in [-0.39, 0.29) is 11.3 Å². The van der Waals surface area contributed by atoms with Crippen molar-refractivity contribution < 1.29 is 4.79 Å². The molecule has 3 nitrogen and oxygen atoms in total. The molecule has 0 radical (unpaired) electrons. The van der Waals surface area contributed by atoms with Gasteiger partial charge in [0.2, 0.25) is 5.91 Å². The average Bonchev–Trinajstić information content (AvgIpc) is 2.46. The fraction of sp³-hybridized carbons (Fsp3) is 0.562. The van der Waals surface area contributed by atoms with E-state index in [4.69, 9.17) is 17.3 Å². The van der Waals surface area contributed by atoms with Crippen LogP contribution >= 0.6 is 11.6 Å². The monoisotopic (exact) mass is 294 g/mol. The van der Waals surface area contributed by atoms with Crippen molar-refractivity contribution in [3.05, 3.63) is 34.9 Å². The molecule has 1 fully saturated rings. The number of amides is 1. The van der Waals surface area contributed by atoms with Crippen molar-refractivity contribution in [2.75, 3.05) is 6.54 Å². The third-order valence-corrected chi connectivity index (χ3v) is 4.50. The van der Waals surface area contributed by atoms with Crippen molar-refractivity contribution in [1.82, 2.24) is 5.32 Å². The number of hydrogen-bond acceptors (Lipinski definition) is 2. The SMILES string of the molecule is NCC1(CC(=O)NCc2cccc(Cl)c2)CCCCC1. The molecule has 1 aliphatic carbocycles. The molecule has 0 aromatic heterocycles. The molecule has 1 aliphatic rings. The van der Waals surface area contributed by atoms with Gasteiger partial charge in [-0.25, -0.2) is 0 Å². The molecule has 1 aromatic carbocycles. The van der Waals surface area contributed by atoms with Crippen molar-refractivity contribution in [3.63, 3.8) is 0 Å². The van der Waals surface area contributed by atoms with Crippen molar-refractivity contribution in [2.45, 2.75) is 45.1 Å². The Kier molecular flexibility index (Phi) is 5.44. The Morgan fingerprint density at radius 2 is 2.05 bits per heavy atom. The lowest BCUT2D eigenvalue weighted by Gasteiger charge is -2.35. The molecule has 20 heavy (non-hydrogen) atoms. The Morgan fingerprint density at radius 3 is 2.70 bits per heavy atom. The van der Waals surface area contributed by atoms with Crippen LogP contribution in [0.2, 0.25) is 5.02 Å². The minimum Gasteiger partial charge on any atom is -0.352 e. The van der Waals surface area contributed by atoms with Crippen LogP contribution in [0.4, 0.5) is 0 Å². The maximum absolute atomic E-state index is 12.1. The lowest BCUT2D eigenvalue weighted by molar-refractivity contribution is -0.124. The van der Waals surface area contributed by atoms with Crippen LogP contribution in [0.5, 0.6) is 0 Å². The van der Waals surface area contributed by atoms with Crippen molar-refractivity contribution in [1.29, 1.82) is 0 Å². The fourth-order valence-corrected chi connectivity index (χ4v) is 3.22.